The summed E-state index contributed by atoms with van der Waals surface area (Å²) < 4.78 is 0. The quantitative estimate of drug-likeness (QED) is 0.396. The van der Waals surface area contributed by atoms with Gasteiger partial charge in [0.05, 0.1) is 6.54 Å². The molecule has 1 rings (SSSR count). The van der Waals surface area contributed by atoms with Crippen LogP contribution in [0.5, 0.6) is 0 Å². The molecule has 0 saturated carbocycles. The van der Waals surface area contributed by atoms with Crippen molar-refractivity contribution in [3.05, 3.63) is 40.0 Å². The normalized spacial score (nSPS) is 9.77. The van der Waals surface area contributed by atoms with Crippen molar-refractivity contribution < 1.29 is 0 Å². The van der Waals surface area contributed by atoms with Gasteiger partial charge in [-0.3, -0.25) is 4.98 Å². The fourth-order valence-corrected chi connectivity index (χ4v) is 1.01. The molecule has 0 spiro atoms. The molecule has 4 nitrogen and oxygen atoms in total. The van der Waals surface area contributed by atoms with E-state index in [-0.39, 0.29) is 0 Å². The second-order valence-corrected chi connectivity index (χ2v) is 3.10. The molecule has 13 heavy (non-hydrogen) atoms. The summed E-state index contributed by atoms with van der Waals surface area (Å²) in [7, 11) is 0. The minimum atomic E-state index is 0.330. The molecule has 0 N–H and O–H groups in total. The Labute approximate surface area is 77.2 Å². The van der Waals surface area contributed by atoms with Gasteiger partial charge in [-0.15, -0.1) is 0 Å². The van der Waals surface area contributed by atoms with E-state index in [0.717, 1.165) is 11.4 Å². The molecule has 1 aromatic heterocycles. The van der Waals surface area contributed by atoms with Gasteiger partial charge >= 0.3 is 0 Å². The van der Waals surface area contributed by atoms with E-state index in [4.69, 9.17) is 5.53 Å². The number of pyridine rings is 1. The zero-order valence-corrected chi connectivity index (χ0v) is 7.81. The molecule has 1 heterocycles. The summed E-state index contributed by atoms with van der Waals surface area (Å²) in [6, 6.07) is 5.77. The number of hydrogen-bond acceptors (Lipinski definition) is 2. The van der Waals surface area contributed by atoms with Crippen LogP contribution in [0.15, 0.2) is 23.3 Å². The van der Waals surface area contributed by atoms with Gasteiger partial charge in [-0.1, -0.05) is 25.0 Å². The zero-order valence-electron chi connectivity index (χ0n) is 7.81. The minimum Gasteiger partial charge on any atom is -0.257 e. The molecule has 0 amide bonds. The summed E-state index contributed by atoms with van der Waals surface area (Å²) in [5.74, 6) is 0.408. The van der Waals surface area contributed by atoms with Crippen molar-refractivity contribution in [2.75, 3.05) is 0 Å². The lowest BCUT2D eigenvalue weighted by molar-refractivity contribution is 0.802. The molecule has 0 aliphatic heterocycles. The van der Waals surface area contributed by atoms with Crippen LogP contribution >= 0.6 is 0 Å². The number of nitrogens with zero attached hydrogens (tertiary/aromatic N) is 4. The lowest BCUT2D eigenvalue weighted by Crippen LogP contribution is -1.95. The smallest absolute Gasteiger partial charge is 0.0684 e. The van der Waals surface area contributed by atoms with Crippen LogP contribution in [0.3, 0.4) is 0 Å². The van der Waals surface area contributed by atoms with Crippen LogP contribution in [0.1, 0.15) is 31.2 Å². The Kier molecular flexibility index (Phi) is 3.29. The highest BCUT2D eigenvalue weighted by molar-refractivity contribution is 5.13. The topological polar surface area (TPSA) is 61.7 Å². The first kappa shape index (κ1) is 9.55. The van der Waals surface area contributed by atoms with Crippen LogP contribution in [-0.4, -0.2) is 4.98 Å². The molecule has 0 bridgehead atoms. The number of azide groups is 1. The highest BCUT2D eigenvalue weighted by Gasteiger charge is 2.00. The van der Waals surface area contributed by atoms with Gasteiger partial charge in [-0.05, 0) is 23.6 Å². The number of rotatable bonds is 3. The molecule has 4 heteroatoms. The molecular formula is C9H12N4. The zero-order chi connectivity index (χ0) is 9.68. The molecule has 68 valence electrons. The third-order valence-corrected chi connectivity index (χ3v) is 1.72. The molecular weight excluding hydrogens is 164 g/mol. The van der Waals surface area contributed by atoms with E-state index in [9.17, 15) is 0 Å². The van der Waals surface area contributed by atoms with Crippen molar-refractivity contribution in [3.8, 4) is 0 Å². The van der Waals surface area contributed by atoms with Crippen LogP contribution in [-0.2, 0) is 6.54 Å². The summed E-state index contributed by atoms with van der Waals surface area (Å²) in [6.45, 7) is 4.50. The van der Waals surface area contributed by atoms with Crippen LogP contribution in [0.2, 0.25) is 0 Å². The van der Waals surface area contributed by atoms with Crippen LogP contribution in [0.25, 0.3) is 10.4 Å². The third-order valence-electron chi connectivity index (χ3n) is 1.72. The molecule has 1 aromatic rings. The highest BCUT2D eigenvalue weighted by atomic mass is 15.1. The van der Waals surface area contributed by atoms with E-state index in [1.165, 1.54) is 0 Å². The average Bonchev–Trinajstić information content (AvgIpc) is 2.15. The lowest BCUT2D eigenvalue weighted by atomic mass is 10.1. The molecule has 0 aliphatic rings. The van der Waals surface area contributed by atoms with Crippen molar-refractivity contribution in [3.63, 3.8) is 0 Å². The Morgan fingerprint density at radius 2 is 2.31 bits per heavy atom. The van der Waals surface area contributed by atoms with E-state index in [0.29, 0.717) is 12.5 Å². The van der Waals surface area contributed by atoms with Gasteiger partial charge < -0.3 is 0 Å². The maximum absolute atomic E-state index is 8.14. The predicted molar refractivity (Wildman–Crippen MR) is 51.2 cm³/mol. The Hall–Kier alpha value is -1.54. The molecule has 0 aromatic carbocycles. The maximum atomic E-state index is 8.14. The van der Waals surface area contributed by atoms with Gasteiger partial charge in [0.25, 0.3) is 0 Å². The summed E-state index contributed by atoms with van der Waals surface area (Å²) in [4.78, 5) is 7.04. The monoisotopic (exact) mass is 176 g/mol. The first-order valence-corrected chi connectivity index (χ1v) is 4.20. The first-order chi connectivity index (χ1) is 6.24. The predicted octanol–water partition coefficient (Wildman–Crippen LogP) is 3.02. The fraction of sp³-hybridized carbons (Fsp3) is 0.444. The number of hydrogen-bond donors (Lipinski definition) is 0. The standard InChI is InChI=1S/C9H12N4/c1-7(2)9-5-3-4-8(12-9)6-11-13-10/h3-5,7H,6H2,1-2H3. The molecule has 0 aliphatic carbocycles. The van der Waals surface area contributed by atoms with Crippen LogP contribution in [0, 0.1) is 0 Å². The second-order valence-electron chi connectivity index (χ2n) is 3.10. The van der Waals surface area contributed by atoms with E-state index in [1.54, 1.807) is 0 Å². The van der Waals surface area contributed by atoms with Gasteiger partial charge in [0.1, 0.15) is 0 Å². The third kappa shape index (κ3) is 2.76. The van der Waals surface area contributed by atoms with Crippen LogP contribution < -0.4 is 0 Å². The summed E-state index contributed by atoms with van der Waals surface area (Å²) in [5, 5.41) is 3.46. The fourth-order valence-electron chi connectivity index (χ4n) is 1.01. The van der Waals surface area contributed by atoms with Gasteiger partial charge in [-0.25, -0.2) is 0 Å². The molecule has 0 radical (unpaired) electrons. The lowest BCUT2D eigenvalue weighted by Gasteiger charge is -2.04. The van der Waals surface area contributed by atoms with Crippen molar-refractivity contribution >= 4 is 0 Å². The van der Waals surface area contributed by atoms with E-state index in [1.807, 2.05) is 18.2 Å². The molecule has 0 fully saturated rings. The van der Waals surface area contributed by atoms with Crippen molar-refractivity contribution in [2.45, 2.75) is 26.3 Å². The van der Waals surface area contributed by atoms with Gasteiger partial charge in [-0.2, -0.15) is 0 Å². The first-order valence-electron chi connectivity index (χ1n) is 4.20. The van der Waals surface area contributed by atoms with Gasteiger partial charge in [0.2, 0.25) is 0 Å². The van der Waals surface area contributed by atoms with Crippen molar-refractivity contribution in [1.29, 1.82) is 0 Å². The van der Waals surface area contributed by atoms with Gasteiger partial charge in [0.15, 0.2) is 0 Å². The summed E-state index contributed by atoms with van der Waals surface area (Å²) >= 11 is 0. The Bertz CT molecular complexity index is 326. The van der Waals surface area contributed by atoms with Gasteiger partial charge in [0, 0.05) is 16.3 Å². The SMILES string of the molecule is CC(C)c1cccc(CN=[N+]=[N-])n1. The Morgan fingerprint density at radius 1 is 1.54 bits per heavy atom. The Morgan fingerprint density at radius 3 is 2.92 bits per heavy atom. The van der Waals surface area contributed by atoms with Crippen molar-refractivity contribution in [1.82, 2.24) is 4.98 Å². The van der Waals surface area contributed by atoms with Crippen LogP contribution in [0.4, 0.5) is 0 Å². The minimum absolute atomic E-state index is 0.330. The number of aromatic nitrogens is 1. The summed E-state index contributed by atoms with van der Waals surface area (Å²) in [6.07, 6.45) is 0. The Balaban J connectivity index is 2.85. The van der Waals surface area contributed by atoms with Crippen molar-refractivity contribution in [2.24, 2.45) is 5.11 Å². The molecule has 0 saturated heterocycles. The maximum Gasteiger partial charge on any atom is 0.0684 e. The van der Waals surface area contributed by atoms with E-state index < -0.39 is 0 Å². The van der Waals surface area contributed by atoms with E-state index >= 15 is 0 Å². The molecule has 0 unspecified atom stereocenters. The van der Waals surface area contributed by atoms with E-state index in [2.05, 4.69) is 28.9 Å². The highest BCUT2D eigenvalue weighted by Crippen LogP contribution is 2.11. The average molecular weight is 176 g/mol. The second kappa shape index (κ2) is 4.48. The summed E-state index contributed by atoms with van der Waals surface area (Å²) in [5.41, 5.74) is 9.99. The molecule has 0 atom stereocenters. The largest absolute Gasteiger partial charge is 0.257 e.